The smallest absolute Gasteiger partial charge is 0.342 e. The van der Waals surface area contributed by atoms with Crippen LogP contribution in [0, 0.1) is 6.92 Å². The molecule has 1 aromatic heterocycles. The van der Waals surface area contributed by atoms with E-state index in [9.17, 15) is 9.59 Å². The Morgan fingerprint density at radius 1 is 1.27 bits per heavy atom. The molecule has 1 fully saturated rings. The first-order chi connectivity index (χ1) is 14.5. The van der Waals surface area contributed by atoms with Gasteiger partial charge in [0, 0.05) is 5.92 Å². The van der Waals surface area contributed by atoms with Crippen LogP contribution in [0.4, 0.5) is 0 Å². The molecule has 8 nitrogen and oxygen atoms in total. The van der Waals surface area contributed by atoms with E-state index in [4.69, 9.17) is 14.2 Å². The summed E-state index contributed by atoms with van der Waals surface area (Å²) < 4.78 is 15.6. The molecule has 1 N–H and O–H groups in total. The fourth-order valence-electron chi connectivity index (χ4n) is 3.22. The number of hydrogen-bond donors (Lipinski definition) is 1. The van der Waals surface area contributed by atoms with Gasteiger partial charge in [-0.05, 0) is 44.4 Å². The summed E-state index contributed by atoms with van der Waals surface area (Å²) in [7, 11) is 1.32. The molecule has 2 aromatic rings. The zero-order valence-corrected chi connectivity index (χ0v) is 17.9. The predicted octanol–water partition coefficient (Wildman–Crippen LogP) is 3.15. The molecule has 1 aliphatic carbocycles. The summed E-state index contributed by atoms with van der Waals surface area (Å²) in [5.41, 5.74) is 1.82. The highest BCUT2D eigenvalue weighted by Gasteiger charge is 2.30. The van der Waals surface area contributed by atoms with E-state index in [1.54, 1.807) is 6.92 Å². The Bertz CT molecular complexity index is 993. The average Bonchev–Trinajstić information content (AvgIpc) is 3.48. The number of fused-ring (bicyclic) bond motifs is 1. The second-order valence-electron chi connectivity index (χ2n) is 7.30. The van der Waals surface area contributed by atoms with Crippen molar-refractivity contribution in [1.82, 2.24) is 15.3 Å². The van der Waals surface area contributed by atoms with E-state index in [0.29, 0.717) is 33.7 Å². The molecule has 2 heterocycles. The number of thioether (sulfide) groups is 1. The van der Waals surface area contributed by atoms with E-state index >= 15 is 0 Å². The molecule has 0 bridgehead atoms. The van der Waals surface area contributed by atoms with Crippen molar-refractivity contribution in [2.24, 2.45) is 0 Å². The maximum atomic E-state index is 12.6. The van der Waals surface area contributed by atoms with E-state index in [0.717, 1.165) is 24.2 Å². The third kappa shape index (κ3) is 4.35. The molecule has 0 radical (unpaired) electrons. The number of amides is 1. The Hall–Kier alpha value is -2.81. The number of carbonyl (C=O) groups is 2. The zero-order valence-electron chi connectivity index (χ0n) is 17.1. The molecule has 2 aliphatic rings. The normalized spacial score (nSPS) is 15.6. The topological polar surface area (TPSA) is 99.6 Å². The predicted molar refractivity (Wildman–Crippen MR) is 110 cm³/mol. The van der Waals surface area contributed by atoms with Crippen LogP contribution in [0.1, 0.15) is 59.2 Å². The van der Waals surface area contributed by atoms with Gasteiger partial charge >= 0.3 is 5.97 Å². The molecule has 9 heteroatoms. The number of rotatable bonds is 7. The molecule has 0 unspecified atom stereocenters. The summed E-state index contributed by atoms with van der Waals surface area (Å²) in [6.45, 7) is 3.88. The van der Waals surface area contributed by atoms with Crippen molar-refractivity contribution >= 4 is 23.6 Å². The summed E-state index contributed by atoms with van der Waals surface area (Å²) in [6, 6.07) is 5.39. The Balaban J connectivity index is 1.43. The molecule has 0 spiro atoms. The number of ether oxygens (including phenoxy) is 3. The van der Waals surface area contributed by atoms with Gasteiger partial charge in [-0.25, -0.2) is 14.8 Å². The third-order valence-corrected chi connectivity index (χ3v) is 6.00. The first kappa shape index (κ1) is 20.5. The minimum atomic E-state index is -0.494. The van der Waals surface area contributed by atoms with Gasteiger partial charge in [0.1, 0.15) is 16.4 Å². The van der Waals surface area contributed by atoms with E-state index in [1.807, 2.05) is 25.1 Å². The standard InChI is InChI=1S/C21H23N3O5S/c1-11(14-6-7-15-16(8-14)29-10-28-15)22-17(25)9-30-20-18(21(26)27-3)12(2)23-19(24-20)13-4-5-13/h6-8,11,13H,4-5,9-10H2,1-3H3,(H,22,25)/t11-/m1/s1. The Morgan fingerprint density at radius 3 is 2.77 bits per heavy atom. The lowest BCUT2D eigenvalue weighted by Gasteiger charge is -2.15. The molecule has 158 valence electrons. The van der Waals surface area contributed by atoms with E-state index in [2.05, 4.69) is 15.3 Å². The van der Waals surface area contributed by atoms with Crippen LogP contribution >= 0.6 is 11.8 Å². The van der Waals surface area contributed by atoms with Crippen LogP contribution in [-0.4, -0.2) is 41.5 Å². The zero-order chi connectivity index (χ0) is 21.3. The van der Waals surface area contributed by atoms with E-state index < -0.39 is 5.97 Å². The van der Waals surface area contributed by atoms with Crippen molar-refractivity contribution < 1.29 is 23.8 Å². The van der Waals surface area contributed by atoms with Crippen LogP contribution < -0.4 is 14.8 Å². The van der Waals surface area contributed by atoms with Gasteiger partial charge in [0.25, 0.3) is 0 Å². The van der Waals surface area contributed by atoms with Gasteiger partial charge in [-0.3, -0.25) is 4.79 Å². The Kier molecular flexibility index (Phi) is 5.80. The van der Waals surface area contributed by atoms with Crippen molar-refractivity contribution in [2.45, 2.75) is 43.7 Å². The number of carbonyl (C=O) groups excluding carboxylic acids is 2. The summed E-state index contributed by atoms with van der Waals surface area (Å²) in [4.78, 5) is 33.8. The maximum absolute atomic E-state index is 12.6. The molecular weight excluding hydrogens is 406 g/mol. The van der Waals surface area contributed by atoms with Gasteiger partial charge in [-0.1, -0.05) is 17.8 Å². The summed E-state index contributed by atoms with van der Waals surface area (Å²) in [6.07, 6.45) is 2.10. The number of benzene rings is 1. The van der Waals surface area contributed by atoms with Crippen LogP contribution in [-0.2, 0) is 9.53 Å². The van der Waals surface area contributed by atoms with Gasteiger partial charge in [-0.15, -0.1) is 0 Å². The number of aromatic nitrogens is 2. The fraction of sp³-hybridized carbons (Fsp3) is 0.429. The maximum Gasteiger partial charge on any atom is 0.342 e. The second kappa shape index (κ2) is 8.51. The third-order valence-electron chi connectivity index (χ3n) is 5.02. The van der Waals surface area contributed by atoms with Crippen LogP contribution in [0.3, 0.4) is 0 Å². The molecular formula is C21H23N3O5S. The Labute approximate surface area is 178 Å². The number of aryl methyl sites for hydroxylation is 1. The number of nitrogens with one attached hydrogen (secondary N) is 1. The van der Waals surface area contributed by atoms with Crippen molar-refractivity contribution in [1.29, 1.82) is 0 Å². The molecule has 1 saturated carbocycles. The van der Waals surface area contributed by atoms with Crippen molar-refractivity contribution in [3.05, 3.63) is 40.8 Å². The van der Waals surface area contributed by atoms with Gasteiger partial charge in [0.2, 0.25) is 12.7 Å². The summed E-state index contributed by atoms with van der Waals surface area (Å²) in [5.74, 6) is 1.92. The summed E-state index contributed by atoms with van der Waals surface area (Å²) in [5, 5.41) is 3.46. The molecule has 30 heavy (non-hydrogen) atoms. The van der Waals surface area contributed by atoms with Crippen molar-refractivity contribution in [2.75, 3.05) is 19.7 Å². The van der Waals surface area contributed by atoms with Crippen molar-refractivity contribution in [3.8, 4) is 11.5 Å². The molecule has 1 atom stereocenters. The SMILES string of the molecule is COC(=O)c1c(C)nc(C2CC2)nc1SCC(=O)N[C@H](C)c1ccc2c(c1)OCO2. The van der Waals surface area contributed by atoms with Crippen LogP contribution in [0.15, 0.2) is 23.2 Å². The second-order valence-corrected chi connectivity index (χ2v) is 8.27. The highest BCUT2D eigenvalue weighted by molar-refractivity contribution is 8.00. The van der Waals surface area contributed by atoms with Crippen molar-refractivity contribution in [3.63, 3.8) is 0 Å². The van der Waals surface area contributed by atoms with E-state index in [1.165, 1.54) is 18.9 Å². The minimum absolute atomic E-state index is 0.124. The number of nitrogens with zero attached hydrogens (tertiary/aromatic N) is 2. The molecule has 1 amide bonds. The molecule has 1 aromatic carbocycles. The van der Waals surface area contributed by atoms with E-state index in [-0.39, 0.29) is 24.5 Å². The van der Waals surface area contributed by atoms with Crippen LogP contribution in [0.2, 0.25) is 0 Å². The number of hydrogen-bond acceptors (Lipinski definition) is 8. The van der Waals surface area contributed by atoms with Gasteiger partial charge in [-0.2, -0.15) is 0 Å². The lowest BCUT2D eigenvalue weighted by atomic mass is 10.1. The first-order valence-electron chi connectivity index (χ1n) is 9.74. The highest BCUT2D eigenvalue weighted by Crippen LogP contribution is 2.39. The minimum Gasteiger partial charge on any atom is -0.465 e. The number of esters is 1. The van der Waals surface area contributed by atoms with Gasteiger partial charge < -0.3 is 19.5 Å². The highest BCUT2D eigenvalue weighted by atomic mass is 32.2. The first-order valence-corrected chi connectivity index (χ1v) is 10.7. The van der Waals surface area contributed by atoms with Gasteiger partial charge in [0.05, 0.1) is 24.6 Å². The summed E-state index contributed by atoms with van der Waals surface area (Å²) >= 11 is 1.22. The lowest BCUT2D eigenvalue weighted by Crippen LogP contribution is -2.28. The molecule has 4 rings (SSSR count). The largest absolute Gasteiger partial charge is 0.465 e. The van der Waals surface area contributed by atoms with Gasteiger partial charge in [0.15, 0.2) is 11.5 Å². The quantitative estimate of drug-likeness (QED) is 0.407. The average molecular weight is 429 g/mol. The fourth-order valence-corrected chi connectivity index (χ4v) is 4.10. The van der Waals surface area contributed by atoms with Crippen LogP contribution in [0.25, 0.3) is 0 Å². The lowest BCUT2D eigenvalue weighted by molar-refractivity contribution is -0.119. The van der Waals surface area contributed by atoms with Crippen LogP contribution in [0.5, 0.6) is 11.5 Å². The Morgan fingerprint density at radius 2 is 2.03 bits per heavy atom. The molecule has 1 aliphatic heterocycles. The number of methoxy groups -OCH3 is 1. The molecule has 0 saturated heterocycles. The monoisotopic (exact) mass is 429 g/mol.